The third-order valence-electron chi connectivity index (χ3n) is 2.46. The molecule has 1 N–H and O–H groups in total. The van der Waals surface area contributed by atoms with Crippen LogP contribution >= 0.6 is 23.2 Å². The molecule has 1 aromatic heterocycles. The first-order valence-electron chi connectivity index (χ1n) is 5.50. The van der Waals surface area contributed by atoms with Gasteiger partial charge in [0, 0.05) is 17.3 Å². The SMILES string of the molecule is CS(=O)(=O)N(c1cc(Cl)ccc1F)c1ncc(Cl)cc1O. The topological polar surface area (TPSA) is 70.5 Å². The summed E-state index contributed by atoms with van der Waals surface area (Å²) < 4.78 is 38.4. The minimum Gasteiger partial charge on any atom is -0.504 e. The van der Waals surface area contributed by atoms with Crippen LogP contribution in [0.4, 0.5) is 15.9 Å². The molecule has 0 atom stereocenters. The molecule has 112 valence electrons. The van der Waals surface area contributed by atoms with E-state index in [1.54, 1.807) is 0 Å². The van der Waals surface area contributed by atoms with Crippen molar-refractivity contribution in [3.63, 3.8) is 0 Å². The molecular formula is C12H9Cl2FN2O3S. The smallest absolute Gasteiger partial charge is 0.238 e. The summed E-state index contributed by atoms with van der Waals surface area (Å²) in [4.78, 5) is 3.75. The minimum absolute atomic E-state index is 0.108. The summed E-state index contributed by atoms with van der Waals surface area (Å²) in [6, 6.07) is 4.51. The van der Waals surface area contributed by atoms with E-state index < -0.39 is 21.6 Å². The predicted octanol–water partition coefficient (Wildman–Crippen LogP) is 3.33. The molecule has 2 aromatic rings. The van der Waals surface area contributed by atoms with Gasteiger partial charge in [-0.2, -0.15) is 0 Å². The predicted molar refractivity (Wildman–Crippen MR) is 79.3 cm³/mol. The Labute approximate surface area is 130 Å². The first-order valence-corrected chi connectivity index (χ1v) is 8.10. The molecule has 1 heterocycles. The summed E-state index contributed by atoms with van der Waals surface area (Å²) in [6.07, 6.45) is 1.99. The van der Waals surface area contributed by atoms with Gasteiger partial charge in [0.25, 0.3) is 0 Å². The van der Waals surface area contributed by atoms with Crippen LogP contribution in [0.2, 0.25) is 10.0 Å². The Hall–Kier alpha value is -1.57. The average molecular weight is 351 g/mol. The van der Waals surface area contributed by atoms with Crippen LogP contribution in [0, 0.1) is 5.82 Å². The number of hydrogen-bond acceptors (Lipinski definition) is 4. The Morgan fingerprint density at radius 1 is 1.24 bits per heavy atom. The van der Waals surface area contributed by atoms with Gasteiger partial charge in [-0.15, -0.1) is 0 Å². The Kier molecular flexibility index (Phi) is 4.27. The maximum absolute atomic E-state index is 13.9. The summed E-state index contributed by atoms with van der Waals surface area (Å²) in [5.41, 5.74) is -0.352. The molecule has 0 spiro atoms. The van der Waals surface area contributed by atoms with E-state index >= 15 is 0 Å². The largest absolute Gasteiger partial charge is 0.504 e. The summed E-state index contributed by atoms with van der Waals surface area (Å²) in [7, 11) is -3.98. The number of anilines is 2. The Morgan fingerprint density at radius 2 is 1.90 bits per heavy atom. The lowest BCUT2D eigenvalue weighted by molar-refractivity contribution is 0.474. The van der Waals surface area contributed by atoms with Crippen LogP contribution in [0.15, 0.2) is 30.5 Å². The van der Waals surface area contributed by atoms with Crippen molar-refractivity contribution in [3.05, 3.63) is 46.3 Å². The molecular weight excluding hydrogens is 342 g/mol. The van der Waals surface area contributed by atoms with Crippen LogP contribution in [0.1, 0.15) is 0 Å². The summed E-state index contributed by atoms with van der Waals surface area (Å²) in [5.74, 6) is -1.71. The van der Waals surface area contributed by atoms with Gasteiger partial charge in [0.15, 0.2) is 11.6 Å². The fraction of sp³-hybridized carbons (Fsp3) is 0.0833. The molecule has 0 aliphatic rings. The lowest BCUT2D eigenvalue weighted by Gasteiger charge is -2.22. The second-order valence-electron chi connectivity index (χ2n) is 4.12. The Balaban J connectivity index is 2.73. The molecule has 0 radical (unpaired) electrons. The van der Waals surface area contributed by atoms with Crippen molar-refractivity contribution < 1.29 is 17.9 Å². The van der Waals surface area contributed by atoms with Crippen LogP contribution in [-0.2, 0) is 10.0 Å². The van der Waals surface area contributed by atoms with E-state index in [0.717, 1.165) is 30.7 Å². The highest BCUT2D eigenvalue weighted by molar-refractivity contribution is 7.92. The van der Waals surface area contributed by atoms with Gasteiger partial charge < -0.3 is 5.11 Å². The van der Waals surface area contributed by atoms with Crippen molar-refractivity contribution in [2.45, 2.75) is 0 Å². The van der Waals surface area contributed by atoms with Crippen LogP contribution in [0.25, 0.3) is 0 Å². The van der Waals surface area contributed by atoms with Gasteiger partial charge in [0.05, 0.1) is 17.0 Å². The number of benzene rings is 1. The summed E-state index contributed by atoms with van der Waals surface area (Å²) in [5, 5.41) is 10.1. The molecule has 2 rings (SSSR count). The zero-order chi connectivity index (χ0) is 15.8. The lowest BCUT2D eigenvalue weighted by atomic mass is 10.3. The highest BCUT2D eigenvalue weighted by atomic mass is 35.5. The quantitative estimate of drug-likeness (QED) is 0.921. The normalized spacial score (nSPS) is 11.4. The number of pyridine rings is 1. The van der Waals surface area contributed by atoms with E-state index in [1.165, 1.54) is 6.07 Å². The van der Waals surface area contributed by atoms with Crippen LogP contribution < -0.4 is 4.31 Å². The molecule has 0 bridgehead atoms. The highest BCUT2D eigenvalue weighted by Crippen LogP contribution is 2.36. The first kappa shape index (κ1) is 15.8. The van der Waals surface area contributed by atoms with Crippen molar-refractivity contribution >= 4 is 44.7 Å². The molecule has 5 nitrogen and oxygen atoms in total. The molecule has 9 heteroatoms. The van der Waals surface area contributed by atoms with Gasteiger partial charge in [0.1, 0.15) is 5.82 Å². The van der Waals surface area contributed by atoms with Crippen LogP contribution in [0.5, 0.6) is 5.75 Å². The Bertz CT molecular complexity index is 799. The highest BCUT2D eigenvalue weighted by Gasteiger charge is 2.27. The number of rotatable bonds is 3. The molecule has 0 amide bonds. The minimum atomic E-state index is -3.98. The molecule has 21 heavy (non-hydrogen) atoms. The Morgan fingerprint density at radius 3 is 2.48 bits per heavy atom. The number of nitrogens with zero attached hydrogens (tertiary/aromatic N) is 2. The number of halogens is 3. The van der Waals surface area contributed by atoms with Gasteiger partial charge in [-0.1, -0.05) is 23.2 Å². The fourth-order valence-corrected chi connectivity index (χ4v) is 2.94. The van der Waals surface area contributed by atoms with Crippen molar-refractivity contribution in [3.8, 4) is 5.75 Å². The molecule has 0 saturated heterocycles. The third kappa shape index (κ3) is 3.37. The average Bonchev–Trinajstić information content (AvgIpc) is 2.35. The molecule has 0 aliphatic heterocycles. The van der Waals surface area contributed by atoms with Crippen LogP contribution in [0.3, 0.4) is 0 Å². The molecule has 1 aromatic carbocycles. The zero-order valence-electron chi connectivity index (χ0n) is 10.6. The number of aromatic nitrogens is 1. The maximum Gasteiger partial charge on any atom is 0.238 e. The first-order chi connectivity index (χ1) is 9.70. The molecule has 0 fully saturated rings. The van der Waals surface area contributed by atoms with Crippen molar-refractivity contribution in [1.82, 2.24) is 4.98 Å². The zero-order valence-corrected chi connectivity index (χ0v) is 12.9. The van der Waals surface area contributed by atoms with E-state index in [4.69, 9.17) is 23.2 Å². The van der Waals surface area contributed by atoms with Gasteiger partial charge >= 0.3 is 0 Å². The van der Waals surface area contributed by atoms with E-state index in [-0.39, 0.29) is 21.6 Å². The third-order valence-corrected chi connectivity index (χ3v) is 3.94. The summed E-state index contributed by atoms with van der Waals surface area (Å²) >= 11 is 11.4. The number of aromatic hydroxyl groups is 1. The van der Waals surface area contributed by atoms with Crippen LogP contribution in [-0.4, -0.2) is 24.8 Å². The van der Waals surface area contributed by atoms with Crippen molar-refractivity contribution in [2.75, 3.05) is 10.6 Å². The molecule has 0 saturated carbocycles. The van der Waals surface area contributed by atoms with E-state index in [2.05, 4.69) is 4.98 Å². The molecule has 0 aliphatic carbocycles. The number of sulfonamides is 1. The van der Waals surface area contributed by atoms with E-state index in [1.807, 2.05) is 0 Å². The molecule has 0 unspecified atom stereocenters. The fourth-order valence-electron chi connectivity index (χ4n) is 1.67. The van der Waals surface area contributed by atoms with E-state index in [9.17, 15) is 17.9 Å². The van der Waals surface area contributed by atoms with Gasteiger partial charge in [-0.25, -0.2) is 22.1 Å². The van der Waals surface area contributed by atoms with Crippen molar-refractivity contribution in [2.24, 2.45) is 0 Å². The van der Waals surface area contributed by atoms with Gasteiger partial charge in [0.2, 0.25) is 10.0 Å². The number of hydrogen-bond donors (Lipinski definition) is 1. The monoisotopic (exact) mass is 350 g/mol. The standard InChI is InChI=1S/C12H9Cl2FN2O3S/c1-21(19,20)17(10-4-7(13)2-3-9(10)15)12-11(18)5-8(14)6-16-12/h2-6,18H,1H3. The van der Waals surface area contributed by atoms with E-state index in [0.29, 0.717) is 4.31 Å². The second-order valence-corrected chi connectivity index (χ2v) is 6.82. The maximum atomic E-state index is 13.9. The lowest BCUT2D eigenvalue weighted by Crippen LogP contribution is -2.26. The van der Waals surface area contributed by atoms with Crippen molar-refractivity contribution in [1.29, 1.82) is 0 Å². The van der Waals surface area contributed by atoms with Gasteiger partial charge in [-0.05, 0) is 18.2 Å². The second kappa shape index (κ2) is 5.67. The summed E-state index contributed by atoms with van der Waals surface area (Å²) in [6.45, 7) is 0. The van der Waals surface area contributed by atoms with Gasteiger partial charge in [-0.3, -0.25) is 0 Å².